The Hall–Kier alpha value is 0.310. The summed E-state index contributed by atoms with van der Waals surface area (Å²) in [7, 11) is 0. The second-order valence-corrected chi connectivity index (χ2v) is 4.04. The summed E-state index contributed by atoms with van der Waals surface area (Å²) in [6, 6.07) is 0. The molecule has 3 heteroatoms. The van der Waals surface area contributed by atoms with E-state index in [9.17, 15) is 0 Å². The van der Waals surface area contributed by atoms with Crippen LogP contribution in [0.4, 0.5) is 0 Å². The molecule has 0 aromatic carbocycles. The van der Waals surface area contributed by atoms with E-state index in [0.717, 1.165) is 16.2 Å². The number of rotatable bonds is 0. The van der Waals surface area contributed by atoms with Gasteiger partial charge in [0.25, 0.3) is 0 Å². The Morgan fingerprint density at radius 2 is 2.22 bits per heavy atom. The minimum absolute atomic E-state index is 0.178. The highest BCUT2D eigenvalue weighted by molar-refractivity contribution is 9.11. The van der Waals surface area contributed by atoms with Gasteiger partial charge in [0.2, 0.25) is 0 Å². The lowest BCUT2D eigenvalue weighted by Crippen LogP contribution is -2.18. The van der Waals surface area contributed by atoms with E-state index < -0.39 is 0 Å². The molecule has 0 aromatic heterocycles. The van der Waals surface area contributed by atoms with Crippen LogP contribution in [0.1, 0.15) is 13.8 Å². The van der Waals surface area contributed by atoms with Gasteiger partial charge in [-0.15, -0.1) is 0 Å². The van der Waals surface area contributed by atoms with Crippen LogP contribution in [0.25, 0.3) is 0 Å². The van der Waals surface area contributed by atoms with Crippen molar-refractivity contribution in [2.24, 2.45) is 5.41 Å². The van der Waals surface area contributed by atoms with Crippen LogP contribution in [0.15, 0.2) is 9.64 Å². The number of hydrogen-bond acceptors (Lipinski definition) is 1. The minimum Gasteiger partial charge on any atom is -0.374 e. The summed E-state index contributed by atoms with van der Waals surface area (Å²) in [6.45, 7) is 5.20. The van der Waals surface area contributed by atoms with Crippen molar-refractivity contribution in [2.45, 2.75) is 13.8 Å². The second kappa shape index (κ2) is 2.17. The first-order chi connectivity index (χ1) is 4.04. The lowest BCUT2D eigenvalue weighted by Gasteiger charge is -2.15. The van der Waals surface area contributed by atoms with Gasteiger partial charge in [0, 0.05) is 16.4 Å². The highest BCUT2D eigenvalue weighted by Gasteiger charge is 2.29. The van der Waals surface area contributed by atoms with Crippen LogP contribution in [-0.2, 0) is 0 Å². The third kappa shape index (κ3) is 1.24. The lowest BCUT2D eigenvalue weighted by atomic mass is 9.96. The van der Waals surface area contributed by atoms with Gasteiger partial charge in [-0.25, -0.2) is 0 Å². The predicted octanol–water partition coefficient (Wildman–Crippen LogP) is 2.42. The quantitative estimate of drug-likeness (QED) is 0.606. The largest absolute Gasteiger partial charge is 0.374 e. The molecule has 0 atom stereocenters. The Bertz CT molecular complexity index is 162. The van der Waals surface area contributed by atoms with Gasteiger partial charge < -0.3 is 5.32 Å². The SMILES string of the molecule is CC1(C)CNC(Cl)=C1Br. The molecule has 0 saturated heterocycles. The highest BCUT2D eigenvalue weighted by Crippen LogP contribution is 2.37. The van der Waals surface area contributed by atoms with Gasteiger partial charge in [0.15, 0.2) is 0 Å². The molecular formula is C6H9BrClN. The van der Waals surface area contributed by atoms with Crippen molar-refractivity contribution in [3.63, 3.8) is 0 Å². The topological polar surface area (TPSA) is 12.0 Å². The van der Waals surface area contributed by atoms with Crippen LogP contribution in [0, 0.1) is 5.41 Å². The maximum Gasteiger partial charge on any atom is 0.113 e. The third-order valence-corrected chi connectivity index (χ3v) is 3.49. The van der Waals surface area contributed by atoms with Crippen molar-refractivity contribution in [3.8, 4) is 0 Å². The maximum atomic E-state index is 5.77. The molecule has 0 fully saturated rings. The summed E-state index contributed by atoms with van der Waals surface area (Å²) in [5, 5.41) is 3.81. The fourth-order valence-electron chi connectivity index (χ4n) is 0.751. The monoisotopic (exact) mass is 209 g/mol. The Morgan fingerprint density at radius 3 is 2.33 bits per heavy atom. The molecule has 0 amide bonds. The average molecular weight is 211 g/mol. The molecule has 1 heterocycles. The molecular weight excluding hydrogens is 201 g/mol. The second-order valence-electron chi connectivity index (χ2n) is 2.87. The Kier molecular flexibility index (Phi) is 1.79. The van der Waals surface area contributed by atoms with Crippen molar-refractivity contribution >= 4 is 27.5 Å². The zero-order valence-electron chi connectivity index (χ0n) is 5.46. The molecule has 1 aliphatic rings. The van der Waals surface area contributed by atoms with Crippen molar-refractivity contribution in [1.82, 2.24) is 5.32 Å². The van der Waals surface area contributed by atoms with E-state index in [4.69, 9.17) is 11.6 Å². The molecule has 0 aliphatic carbocycles. The Balaban J connectivity index is 2.88. The Morgan fingerprint density at radius 1 is 1.67 bits per heavy atom. The molecule has 0 bridgehead atoms. The number of nitrogens with one attached hydrogen (secondary N) is 1. The number of hydrogen-bond donors (Lipinski definition) is 1. The van der Waals surface area contributed by atoms with Crippen LogP contribution in [-0.4, -0.2) is 6.54 Å². The third-order valence-electron chi connectivity index (χ3n) is 1.47. The zero-order valence-corrected chi connectivity index (χ0v) is 7.80. The predicted molar refractivity (Wildman–Crippen MR) is 43.6 cm³/mol. The lowest BCUT2D eigenvalue weighted by molar-refractivity contribution is 0.491. The van der Waals surface area contributed by atoms with Crippen molar-refractivity contribution in [3.05, 3.63) is 9.64 Å². The maximum absolute atomic E-state index is 5.77. The van der Waals surface area contributed by atoms with Crippen LogP contribution < -0.4 is 5.32 Å². The summed E-state index contributed by atoms with van der Waals surface area (Å²) in [5.74, 6) is 0. The first-order valence-corrected chi connectivity index (χ1v) is 4.01. The summed E-state index contributed by atoms with van der Waals surface area (Å²) in [5.41, 5.74) is 0.178. The normalized spacial score (nSPS) is 24.4. The smallest absolute Gasteiger partial charge is 0.113 e. The molecule has 0 spiro atoms. The fraction of sp³-hybridized carbons (Fsp3) is 0.667. The van der Waals surface area contributed by atoms with E-state index in [1.54, 1.807) is 0 Å². The van der Waals surface area contributed by atoms with Gasteiger partial charge >= 0.3 is 0 Å². The van der Waals surface area contributed by atoms with E-state index in [1.807, 2.05) is 0 Å². The molecule has 0 saturated carbocycles. The van der Waals surface area contributed by atoms with Gasteiger partial charge in [0.05, 0.1) is 0 Å². The standard InChI is InChI=1S/C6H9BrClN/c1-6(2)3-9-5(8)4(6)7/h9H,3H2,1-2H3. The molecule has 1 aliphatic heterocycles. The van der Waals surface area contributed by atoms with Gasteiger partial charge in [-0.3, -0.25) is 0 Å². The molecule has 9 heavy (non-hydrogen) atoms. The first-order valence-electron chi connectivity index (χ1n) is 2.84. The van der Waals surface area contributed by atoms with E-state index in [1.165, 1.54) is 0 Å². The van der Waals surface area contributed by atoms with Crippen molar-refractivity contribution < 1.29 is 0 Å². The van der Waals surface area contributed by atoms with E-state index in [2.05, 4.69) is 35.1 Å². The molecule has 0 unspecified atom stereocenters. The van der Waals surface area contributed by atoms with Gasteiger partial charge in [-0.2, -0.15) is 0 Å². The van der Waals surface area contributed by atoms with Crippen LogP contribution in [0.5, 0.6) is 0 Å². The summed E-state index contributed by atoms with van der Waals surface area (Å²) in [6.07, 6.45) is 0. The molecule has 52 valence electrons. The summed E-state index contributed by atoms with van der Waals surface area (Å²) >= 11 is 9.18. The van der Waals surface area contributed by atoms with Crippen molar-refractivity contribution in [2.75, 3.05) is 6.54 Å². The zero-order chi connectivity index (χ0) is 7.07. The molecule has 1 rings (SSSR count). The highest BCUT2D eigenvalue weighted by atomic mass is 79.9. The number of halogens is 2. The molecule has 1 nitrogen and oxygen atoms in total. The van der Waals surface area contributed by atoms with E-state index in [0.29, 0.717) is 0 Å². The molecule has 0 aromatic rings. The van der Waals surface area contributed by atoms with Gasteiger partial charge in [-0.1, -0.05) is 41.4 Å². The minimum atomic E-state index is 0.178. The van der Waals surface area contributed by atoms with Crippen molar-refractivity contribution in [1.29, 1.82) is 0 Å². The van der Waals surface area contributed by atoms with Gasteiger partial charge in [0.1, 0.15) is 5.16 Å². The summed E-state index contributed by atoms with van der Waals surface area (Å²) in [4.78, 5) is 0. The average Bonchev–Trinajstić information content (AvgIpc) is 1.97. The molecule has 1 N–H and O–H groups in total. The van der Waals surface area contributed by atoms with Gasteiger partial charge in [-0.05, 0) is 0 Å². The first kappa shape index (κ1) is 7.42. The molecule has 0 radical (unpaired) electrons. The Labute approximate surface area is 68.6 Å². The van der Waals surface area contributed by atoms with E-state index in [-0.39, 0.29) is 5.41 Å². The van der Waals surface area contributed by atoms with Crippen LogP contribution >= 0.6 is 27.5 Å². The van der Waals surface area contributed by atoms with Crippen LogP contribution in [0.3, 0.4) is 0 Å². The summed E-state index contributed by atoms with van der Waals surface area (Å²) < 4.78 is 1.08. The van der Waals surface area contributed by atoms with Crippen LogP contribution in [0.2, 0.25) is 0 Å². The van der Waals surface area contributed by atoms with E-state index >= 15 is 0 Å². The fourth-order valence-corrected chi connectivity index (χ4v) is 1.35.